The van der Waals surface area contributed by atoms with Crippen LogP contribution in [0.1, 0.15) is 13.3 Å². The third-order valence-electron chi connectivity index (χ3n) is 3.39. The van der Waals surface area contributed by atoms with Crippen molar-refractivity contribution in [3.8, 4) is 0 Å². The van der Waals surface area contributed by atoms with E-state index in [1.165, 1.54) is 18.3 Å². The number of fused-ring (bicyclic) bond motifs is 1. The van der Waals surface area contributed by atoms with E-state index in [0.717, 1.165) is 22.4 Å². The normalized spacial score (nSPS) is 17.9. The minimum atomic E-state index is -0.153. The second-order valence-corrected chi connectivity index (χ2v) is 6.39. The van der Waals surface area contributed by atoms with E-state index in [1.807, 2.05) is 18.2 Å². The minimum absolute atomic E-state index is 0.0565. The number of benzene rings is 1. The Kier molecular flexibility index (Phi) is 4.85. The molecule has 1 aliphatic rings. The third-order valence-corrected chi connectivity index (χ3v) is 4.32. The Morgan fingerprint density at radius 1 is 1.43 bits per heavy atom. The van der Waals surface area contributed by atoms with E-state index in [-0.39, 0.29) is 17.9 Å². The van der Waals surface area contributed by atoms with Gasteiger partial charge in [-0.2, -0.15) is 0 Å². The fraction of sp³-hybridized carbons (Fsp3) is 0.400. The van der Waals surface area contributed by atoms with Crippen LogP contribution in [0, 0.1) is 0 Å². The van der Waals surface area contributed by atoms with E-state index in [0.29, 0.717) is 24.8 Å². The first-order chi connectivity index (χ1) is 11.1. The summed E-state index contributed by atoms with van der Waals surface area (Å²) in [5.74, 6) is -0.210. The van der Waals surface area contributed by atoms with Crippen molar-refractivity contribution in [3.63, 3.8) is 0 Å². The topological polar surface area (TPSA) is 92.4 Å². The molecule has 0 bridgehead atoms. The molecular formula is C15H18N4O3S. The van der Waals surface area contributed by atoms with Crippen LogP contribution in [0.4, 0.5) is 10.8 Å². The first-order valence-corrected chi connectivity index (χ1v) is 8.21. The molecule has 0 saturated carbocycles. The lowest BCUT2D eigenvalue weighted by atomic mass is 10.2. The van der Waals surface area contributed by atoms with Crippen molar-refractivity contribution in [2.75, 3.05) is 30.4 Å². The smallest absolute Gasteiger partial charge is 0.226 e. The highest BCUT2D eigenvalue weighted by Crippen LogP contribution is 2.28. The summed E-state index contributed by atoms with van der Waals surface area (Å²) >= 11 is 1.38. The van der Waals surface area contributed by atoms with Crippen LogP contribution in [0.5, 0.6) is 0 Å². The number of amides is 2. The van der Waals surface area contributed by atoms with Crippen LogP contribution in [0.25, 0.3) is 10.2 Å². The summed E-state index contributed by atoms with van der Waals surface area (Å²) in [6.07, 6.45) is 0.373. The summed E-state index contributed by atoms with van der Waals surface area (Å²) in [6.45, 7) is 3.47. The van der Waals surface area contributed by atoms with Gasteiger partial charge >= 0.3 is 0 Å². The van der Waals surface area contributed by atoms with Gasteiger partial charge in [-0.15, -0.1) is 0 Å². The van der Waals surface area contributed by atoms with E-state index in [1.54, 1.807) is 0 Å². The highest BCUT2D eigenvalue weighted by atomic mass is 32.1. The van der Waals surface area contributed by atoms with Crippen LogP contribution < -0.4 is 16.0 Å². The van der Waals surface area contributed by atoms with Crippen LogP contribution in [0.3, 0.4) is 0 Å². The minimum Gasteiger partial charge on any atom is -0.378 e. The van der Waals surface area contributed by atoms with Crippen molar-refractivity contribution in [3.05, 3.63) is 18.2 Å². The zero-order chi connectivity index (χ0) is 16.2. The molecule has 3 N–H and O–H groups in total. The highest BCUT2D eigenvalue weighted by Gasteiger charge is 2.17. The van der Waals surface area contributed by atoms with Gasteiger partial charge in [0.1, 0.15) is 0 Å². The van der Waals surface area contributed by atoms with E-state index in [2.05, 4.69) is 20.9 Å². The summed E-state index contributed by atoms with van der Waals surface area (Å²) in [5, 5.41) is 9.36. The average molecular weight is 334 g/mol. The van der Waals surface area contributed by atoms with Crippen LogP contribution in [0.2, 0.25) is 0 Å². The number of rotatable bonds is 4. The average Bonchev–Trinajstić information content (AvgIpc) is 2.88. The van der Waals surface area contributed by atoms with Crippen LogP contribution >= 0.6 is 11.3 Å². The molecule has 0 spiro atoms. The summed E-state index contributed by atoms with van der Waals surface area (Å²) < 4.78 is 6.25. The summed E-state index contributed by atoms with van der Waals surface area (Å²) in [7, 11) is 0. The van der Waals surface area contributed by atoms with Gasteiger partial charge in [0.05, 0.1) is 23.4 Å². The largest absolute Gasteiger partial charge is 0.378 e. The van der Waals surface area contributed by atoms with Gasteiger partial charge in [-0.25, -0.2) is 4.98 Å². The monoisotopic (exact) mass is 334 g/mol. The fourth-order valence-electron chi connectivity index (χ4n) is 2.39. The quantitative estimate of drug-likeness (QED) is 0.789. The molecule has 1 saturated heterocycles. The Bertz CT molecular complexity index is 725. The molecule has 23 heavy (non-hydrogen) atoms. The summed E-state index contributed by atoms with van der Waals surface area (Å²) in [4.78, 5) is 27.5. The van der Waals surface area contributed by atoms with Crippen LogP contribution in [-0.4, -0.2) is 42.6 Å². The Labute approximate surface area is 137 Å². The van der Waals surface area contributed by atoms with Gasteiger partial charge in [-0.05, 0) is 18.2 Å². The molecule has 2 heterocycles. The van der Waals surface area contributed by atoms with Gasteiger partial charge in [0.25, 0.3) is 0 Å². The van der Waals surface area contributed by atoms with E-state index < -0.39 is 0 Å². The van der Waals surface area contributed by atoms with Crippen molar-refractivity contribution in [1.29, 1.82) is 0 Å². The van der Waals surface area contributed by atoms with Gasteiger partial charge in [-0.1, -0.05) is 11.3 Å². The fourth-order valence-corrected chi connectivity index (χ4v) is 3.34. The predicted octanol–water partition coefficient (Wildman–Crippen LogP) is 1.57. The Morgan fingerprint density at radius 2 is 2.30 bits per heavy atom. The molecule has 1 aromatic carbocycles. The standard InChI is InChI=1S/C15H18N4O3S/c1-9(20)17-15-19-12-3-2-10(6-13(12)23-15)18-14(21)7-11-8-22-5-4-16-11/h2-3,6,11,16H,4-5,7-8H2,1H3,(H,18,21)(H,17,19,20). The number of ether oxygens (including phenoxy) is 1. The van der Waals surface area contributed by atoms with E-state index in [4.69, 9.17) is 4.74 Å². The van der Waals surface area contributed by atoms with Gasteiger partial charge in [0.15, 0.2) is 5.13 Å². The molecule has 0 aliphatic carbocycles. The maximum atomic E-state index is 12.1. The molecule has 1 fully saturated rings. The molecule has 1 unspecified atom stereocenters. The number of hydrogen-bond donors (Lipinski definition) is 3. The first kappa shape index (κ1) is 15.9. The van der Waals surface area contributed by atoms with Crippen molar-refractivity contribution in [2.45, 2.75) is 19.4 Å². The molecule has 1 atom stereocenters. The maximum Gasteiger partial charge on any atom is 0.226 e. The molecule has 7 nitrogen and oxygen atoms in total. The van der Waals surface area contributed by atoms with Gasteiger partial charge < -0.3 is 20.7 Å². The lowest BCUT2D eigenvalue weighted by Gasteiger charge is -2.23. The SMILES string of the molecule is CC(=O)Nc1nc2ccc(NC(=O)CC3COCCN3)cc2s1. The van der Waals surface area contributed by atoms with Crippen molar-refractivity contribution < 1.29 is 14.3 Å². The summed E-state index contributed by atoms with van der Waals surface area (Å²) in [6, 6.07) is 5.56. The predicted molar refractivity (Wildman–Crippen MR) is 89.8 cm³/mol. The number of thiazole rings is 1. The molecular weight excluding hydrogens is 316 g/mol. The Morgan fingerprint density at radius 3 is 3.04 bits per heavy atom. The number of nitrogens with one attached hydrogen (secondary N) is 3. The molecule has 1 aromatic heterocycles. The Hall–Kier alpha value is -2.03. The van der Waals surface area contributed by atoms with Crippen LogP contribution in [-0.2, 0) is 14.3 Å². The number of morpholine rings is 1. The maximum absolute atomic E-state index is 12.1. The first-order valence-electron chi connectivity index (χ1n) is 7.39. The van der Waals surface area contributed by atoms with Crippen LogP contribution in [0.15, 0.2) is 18.2 Å². The lowest BCUT2D eigenvalue weighted by molar-refractivity contribution is -0.117. The van der Waals surface area contributed by atoms with E-state index >= 15 is 0 Å². The zero-order valence-corrected chi connectivity index (χ0v) is 13.5. The summed E-state index contributed by atoms with van der Waals surface area (Å²) in [5.41, 5.74) is 1.51. The molecule has 1 aliphatic heterocycles. The lowest BCUT2D eigenvalue weighted by Crippen LogP contribution is -2.43. The molecule has 0 radical (unpaired) electrons. The molecule has 2 aromatic rings. The highest BCUT2D eigenvalue weighted by molar-refractivity contribution is 7.22. The second kappa shape index (κ2) is 7.03. The molecule has 8 heteroatoms. The number of nitrogens with zero attached hydrogens (tertiary/aromatic N) is 1. The zero-order valence-electron chi connectivity index (χ0n) is 12.7. The van der Waals surface area contributed by atoms with Gasteiger partial charge in [0.2, 0.25) is 11.8 Å². The van der Waals surface area contributed by atoms with Gasteiger partial charge in [-0.3, -0.25) is 9.59 Å². The second-order valence-electron chi connectivity index (χ2n) is 5.36. The Balaban J connectivity index is 1.65. The van der Waals surface area contributed by atoms with Crippen molar-refractivity contribution >= 4 is 44.2 Å². The number of carbonyl (C=O) groups excluding carboxylic acids is 2. The number of carbonyl (C=O) groups is 2. The van der Waals surface area contributed by atoms with Gasteiger partial charge in [0, 0.05) is 31.6 Å². The number of aromatic nitrogens is 1. The van der Waals surface area contributed by atoms with Crippen molar-refractivity contribution in [2.24, 2.45) is 0 Å². The van der Waals surface area contributed by atoms with Crippen molar-refractivity contribution in [1.82, 2.24) is 10.3 Å². The third kappa shape index (κ3) is 4.25. The van der Waals surface area contributed by atoms with E-state index in [9.17, 15) is 9.59 Å². The molecule has 2 amide bonds. The number of hydrogen-bond acceptors (Lipinski definition) is 6. The number of anilines is 2. The molecule has 3 rings (SSSR count). The molecule has 122 valence electrons.